The summed E-state index contributed by atoms with van der Waals surface area (Å²) in [6, 6.07) is 2.12. The predicted molar refractivity (Wildman–Crippen MR) is 56.6 cm³/mol. The highest BCUT2D eigenvalue weighted by Crippen LogP contribution is 2.16. The Morgan fingerprint density at radius 2 is 2.14 bits per heavy atom. The summed E-state index contributed by atoms with van der Waals surface area (Å²) >= 11 is 0. The number of aromatic nitrogens is 3. The molecule has 14 heavy (non-hydrogen) atoms. The van der Waals surface area contributed by atoms with Gasteiger partial charge in [-0.25, -0.2) is 4.98 Å². The lowest BCUT2D eigenvalue weighted by Gasteiger charge is -2.05. The molecular formula is C10H14N4. The molecule has 0 fully saturated rings. The molecule has 0 aliphatic rings. The standard InChI is InChI=1S/C10H14N4/c1-7(2)8-4-9-6-12-10(11-3)14(9)13-5-8/h4-7H,1-3H3,(H,11,12). The van der Waals surface area contributed by atoms with E-state index in [0.29, 0.717) is 5.92 Å². The third-order valence-electron chi connectivity index (χ3n) is 2.29. The van der Waals surface area contributed by atoms with E-state index < -0.39 is 0 Å². The van der Waals surface area contributed by atoms with Crippen LogP contribution in [0.2, 0.25) is 0 Å². The molecule has 0 unspecified atom stereocenters. The van der Waals surface area contributed by atoms with Crippen LogP contribution in [0.4, 0.5) is 5.95 Å². The maximum absolute atomic E-state index is 4.32. The largest absolute Gasteiger partial charge is 0.357 e. The quantitative estimate of drug-likeness (QED) is 0.786. The highest BCUT2D eigenvalue weighted by atomic mass is 15.3. The molecule has 0 saturated heterocycles. The second-order valence-electron chi connectivity index (χ2n) is 3.61. The zero-order chi connectivity index (χ0) is 10.1. The molecule has 0 spiro atoms. The Bertz CT molecular complexity index is 444. The summed E-state index contributed by atoms with van der Waals surface area (Å²) in [6.45, 7) is 4.31. The Morgan fingerprint density at radius 3 is 2.79 bits per heavy atom. The van der Waals surface area contributed by atoms with Gasteiger partial charge in [-0.2, -0.15) is 9.61 Å². The molecule has 0 radical (unpaired) electrons. The maximum Gasteiger partial charge on any atom is 0.224 e. The first kappa shape index (κ1) is 8.99. The number of nitrogens with one attached hydrogen (secondary N) is 1. The van der Waals surface area contributed by atoms with Gasteiger partial charge in [-0.1, -0.05) is 13.8 Å². The number of imidazole rings is 1. The van der Waals surface area contributed by atoms with Crippen molar-refractivity contribution in [2.45, 2.75) is 19.8 Å². The molecule has 0 amide bonds. The fourth-order valence-electron chi connectivity index (χ4n) is 1.40. The van der Waals surface area contributed by atoms with Crippen LogP contribution in [0.25, 0.3) is 5.52 Å². The molecule has 2 heterocycles. The van der Waals surface area contributed by atoms with E-state index in [4.69, 9.17) is 0 Å². The fraction of sp³-hybridized carbons (Fsp3) is 0.400. The molecule has 2 aromatic heterocycles. The Hall–Kier alpha value is -1.58. The van der Waals surface area contributed by atoms with Crippen molar-refractivity contribution in [2.24, 2.45) is 0 Å². The summed E-state index contributed by atoms with van der Waals surface area (Å²) in [5.74, 6) is 1.27. The van der Waals surface area contributed by atoms with Crippen molar-refractivity contribution in [3.8, 4) is 0 Å². The third kappa shape index (κ3) is 1.32. The van der Waals surface area contributed by atoms with Gasteiger partial charge < -0.3 is 5.32 Å². The van der Waals surface area contributed by atoms with Gasteiger partial charge in [0.1, 0.15) is 0 Å². The highest BCUT2D eigenvalue weighted by Gasteiger charge is 2.05. The topological polar surface area (TPSA) is 42.2 Å². The number of hydrogen-bond donors (Lipinski definition) is 1. The normalized spacial score (nSPS) is 11.1. The first-order valence-electron chi connectivity index (χ1n) is 4.74. The van der Waals surface area contributed by atoms with Crippen molar-refractivity contribution in [2.75, 3.05) is 12.4 Å². The highest BCUT2D eigenvalue weighted by molar-refractivity contribution is 5.52. The van der Waals surface area contributed by atoms with Crippen molar-refractivity contribution in [3.05, 3.63) is 24.0 Å². The molecular weight excluding hydrogens is 176 g/mol. The van der Waals surface area contributed by atoms with E-state index in [2.05, 4.69) is 35.3 Å². The Morgan fingerprint density at radius 1 is 1.36 bits per heavy atom. The van der Waals surface area contributed by atoms with Gasteiger partial charge in [-0.15, -0.1) is 0 Å². The second kappa shape index (κ2) is 3.29. The summed E-state index contributed by atoms with van der Waals surface area (Å²) in [7, 11) is 1.84. The van der Waals surface area contributed by atoms with Crippen molar-refractivity contribution in [3.63, 3.8) is 0 Å². The number of nitrogens with zero attached hydrogens (tertiary/aromatic N) is 3. The van der Waals surface area contributed by atoms with Crippen LogP contribution in [0.5, 0.6) is 0 Å². The number of fused-ring (bicyclic) bond motifs is 1. The zero-order valence-corrected chi connectivity index (χ0v) is 8.65. The van der Waals surface area contributed by atoms with Crippen LogP contribution in [-0.4, -0.2) is 21.6 Å². The van der Waals surface area contributed by atoms with Crippen LogP contribution in [0, 0.1) is 0 Å². The Balaban J connectivity index is 2.57. The molecule has 0 aliphatic heterocycles. The molecule has 0 saturated carbocycles. The van der Waals surface area contributed by atoms with Crippen LogP contribution in [-0.2, 0) is 0 Å². The monoisotopic (exact) mass is 190 g/mol. The van der Waals surface area contributed by atoms with Gasteiger partial charge in [0.2, 0.25) is 5.95 Å². The smallest absolute Gasteiger partial charge is 0.224 e. The van der Waals surface area contributed by atoms with Crippen molar-refractivity contribution in [1.29, 1.82) is 0 Å². The van der Waals surface area contributed by atoms with Crippen LogP contribution in [0.15, 0.2) is 18.5 Å². The van der Waals surface area contributed by atoms with Gasteiger partial charge in [0, 0.05) is 7.05 Å². The average molecular weight is 190 g/mol. The Kier molecular flexibility index (Phi) is 2.11. The summed E-state index contributed by atoms with van der Waals surface area (Å²) in [5, 5.41) is 7.31. The number of hydrogen-bond acceptors (Lipinski definition) is 3. The summed E-state index contributed by atoms with van der Waals surface area (Å²) in [6.07, 6.45) is 3.71. The van der Waals surface area contributed by atoms with Crippen LogP contribution >= 0.6 is 0 Å². The minimum absolute atomic E-state index is 0.500. The van der Waals surface area contributed by atoms with Gasteiger partial charge in [0.25, 0.3) is 0 Å². The Labute approximate surface area is 83.0 Å². The van der Waals surface area contributed by atoms with E-state index in [9.17, 15) is 0 Å². The SMILES string of the molecule is CNc1ncc2cc(C(C)C)cnn12. The van der Waals surface area contributed by atoms with Gasteiger partial charge in [0.05, 0.1) is 17.9 Å². The molecule has 0 atom stereocenters. The van der Waals surface area contributed by atoms with Crippen LogP contribution < -0.4 is 5.32 Å². The predicted octanol–water partition coefficient (Wildman–Crippen LogP) is 1.89. The van der Waals surface area contributed by atoms with E-state index in [1.807, 2.05) is 19.4 Å². The lowest BCUT2D eigenvalue weighted by atomic mass is 10.1. The van der Waals surface area contributed by atoms with Gasteiger partial charge in [0.15, 0.2) is 0 Å². The van der Waals surface area contributed by atoms with Crippen LogP contribution in [0.1, 0.15) is 25.3 Å². The van der Waals surface area contributed by atoms with Crippen molar-refractivity contribution >= 4 is 11.5 Å². The van der Waals surface area contributed by atoms with Gasteiger partial charge in [-0.3, -0.25) is 0 Å². The molecule has 1 N–H and O–H groups in total. The summed E-state index contributed by atoms with van der Waals surface area (Å²) in [5.41, 5.74) is 2.26. The van der Waals surface area contributed by atoms with E-state index >= 15 is 0 Å². The summed E-state index contributed by atoms with van der Waals surface area (Å²) in [4.78, 5) is 4.20. The third-order valence-corrected chi connectivity index (χ3v) is 2.29. The minimum atomic E-state index is 0.500. The second-order valence-corrected chi connectivity index (χ2v) is 3.61. The first-order valence-corrected chi connectivity index (χ1v) is 4.74. The van der Waals surface area contributed by atoms with Crippen molar-refractivity contribution in [1.82, 2.24) is 14.6 Å². The van der Waals surface area contributed by atoms with E-state index in [-0.39, 0.29) is 0 Å². The average Bonchev–Trinajstić information content (AvgIpc) is 2.59. The maximum atomic E-state index is 4.32. The fourth-order valence-corrected chi connectivity index (χ4v) is 1.40. The molecule has 0 aliphatic carbocycles. The van der Waals surface area contributed by atoms with E-state index in [0.717, 1.165) is 11.5 Å². The zero-order valence-electron chi connectivity index (χ0n) is 8.65. The molecule has 4 heteroatoms. The summed E-state index contributed by atoms with van der Waals surface area (Å²) < 4.78 is 1.80. The lowest BCUT2D eigenvalue weighted by molar-refractivity contribution is 0.831. The van der Waals surface area contributed by atoms with E-state index in [1.54, 1.807) is 4.52 Å². The van der Waals surface area contributed by atoms with Gasteiger partial charge >= 0.3 is 0 Å². The van der Waals surface area contributed by atoms with Crippen molar-refractivity contribution < 1.29 is 0 Å². The molecule has 0 bridgehead atoms. The number of rotatable bonds is 2. The lowest BCUT2D eigenvalue weighted by Crippen LogP contribution is -2.00. The van der Waals surface area contributed by atoms with Gasteiger partial charge in [-0.05, 0) is 17.5 Å². The molecule has 2 aromatic rings. The van der Waals surface area contributed by atoms with E-state index in [1.165, 1.54) is 5.56 Å². The first-order chi connectivity index (χ1) is 6.72. The molecule has 74 valence electrons. The minimum Gasteiger partial charge on any atom is -0.357 e. The van der Waals surface area contributed by atoms with Crippen LogP contribution in [0.3, 0.4) is 0 Å². The molecule has 0 aromatic carbocycles. The molecule has 4 nitrogen and oxygen atoms in total. The molecule has 2 rings (SSSR count). The number of anilines is 1.